The van der Waals surface area contributed by atoms with E-state index in [0.29, 0.717) is 36.9 Å². The number of rotatable bonds is 5. The number of benzene rings is 2. The van der Waals surface area contributed by atoms with Gasteiger partial charge in [0.2, 0.25) is 0 Å². The standard InChI is InChI=1S/C30H26FN3O2/c1-3-35-26-5-4-12-34-25(29(20-7-8-20)33-30(26)34)14-19-6-10-23-21(13-19)17-36-27-15-22(31)9-11-24(27)28(23)18(2)16-32/h4-6,9-13,15,20H,3,7-8,14,17H2,1-2H3. The average Bonchev–Trinajstić information content (AvgIpc) is 3.68. The van der Waals surface area contributed by atoms with Crippen molar-refractivity contribution in [2.24, 2.45) is 0 Å². The molecule has 3 heterocycles. The summed E-state index contributed by atoms with van der Waals surface area (Å²) >= 11 is 0. The van der Waals surface area contributed by atoms with Crippen LogP contribution in [0.4, 0.5) is 4.39 Å². The second-order valence-electron chi connectivity index (χ2n) is 9.43. The van der Waals surface area contributed by atoms with E-state index < -0.39 is 0 Å². The SMILES string of the molecule is CCOc1cccn2c(Cc3ccc4c(c3)COc3cc(F)ccc3C4=C(C)C#N)c(C3CC3)nc12. The Bertz CT molecular complexity index is 1570. The first-order chi connectivity index (χ1) is 17.6. The highest BCUT2D eigenvalue weighted by molar-refractivity contribution is 5.88. The number of nitrogens with zero attached hydrogens (tertiary/aromatic N) is 3. The van der Waals surface area contributed by atoms with E-state index in [1.807, 2.05) is 19.1 Å². The van der Waals surface area contributed by atoms with Gasteiger partial charge in [0.25, 0.3) is 0 Å². The van der Waals surface area contributed by atoms with Crippen molar-refractivity contribution >= 4 is 11.2 Å². The predicted molar refractivity (Wildman–Crippen MR) is 136 cm³/mol. The van der Waals surface area contributed by atoms with E-state index >= 15 is 0 Å². The second-order valence-corrected chi connectivity index (χ2v) is 9.43. The monoisotopic (exact) mass is 479 g/mol. The van der Waals surface area contributed by atoms with Crippen molar-refractivity contribution in [3.63, 3.8) is 0 Å². The van der Waals surface area contributed by atoms with Gasteiger partial charge in [-0.25, -0.2) is 9.37 Å². The van der Waals surface area contributed by atoms with Gasteiger partial charge in [0, 0.05) is 41.3 Å². The van der Waals surface area contributed by atoms with Gasteiger partial charge < -0.3 is 13.9 Å². The van der Waals surface area contributed by atoms with Crippen LogP contribution in [0.3, 0.4) is 0 Å². The Balaban J connectivity index is 1.44. The summed E-state index contributed by atoms with van der Waals surface area (Å²) in [6.07, 6.45) is 5.10. The molecule has 2 aliphatic rings. The number of allylic oxidation sites excluding steroid dienone is 1. The van der Waals surface area contributed by atoms with E-state index in [-0.39, 0.29) is 5.82 Å². The Labute approximate surface area is 209 Å². The molecule has 2 aromatic heterocycles. The predicted octanol–water partition coefficient (Wildman–Crippen LogP) is 6.58. The van der Waals surface area contributed by atoms with Crippen LogP contribution >= 0.6 is 0 Å². The van der Waals surface area contributed by atoms with Crippen molar-refractivity contribution in [1.82, 2.24) is 9.38 Å². The van der Waals surface area contributed by atoms with E-state index in [9.17, 15) is 9.65 Å². The maximum atomic E-state index is 14.0. The third kappa shape index (κ3) is 3.81. The molecule has 1 aliphatic carbocycles. The van der Waals surface area contributed by atoms with Gasteiger partial charge in [0.05, 0.1) is 24.1 Å². The lowest BCUT2D eigenvalue weighted by Crippen LogP contribution is -2.02. The Morgan fingerprint density at radius 3 is 2.81 bits per heavy atom. The summed E-state index contributed by atoms with van der Waals surface area (Å²) in [6, 6.07) is 17.1. The van der Waals surface area contributed by atoms with Crippen LogP contribution in [0.5, 0.6) is 11.5 Å². The Morgan fingerprint density at radius 2 is 2.03 bits per heavy atom. The van der Waals surface area contributed by atoms with Gasteiger partial charge in [-0.1, -0.05) is 18.2 Å². The number of nitriles is 1. The van der Waals surface area contributed by atoms with Gasteiger partial charge in [-0.15, -0.1) is 0 Å². The first kappa shape index (κ1) is 22.4. The minimum Gasteiger partial charge on any atom is -0.490 e. The van der Waals surface area contributed by atoms with E-state index in [0.717, 1.165) is 57.8 Å². The average molecular weight is 480 g/mol. The fraction of sp³-hybridized carbons (Fsp3) is 0.267. The van der Waals surface area contributed by atoms with E-state index in [4.69, 9.17) is 14.5 Å². The number of imidazole rings is 1. The summed E-state index contributed by atoms with van der Waals surface area (Å²) in [4.78, 5) is 5.01. The lowest BCUT2D eigenvalue weighted by Gasteiger charge is -2.13. The number of pyridine rings is 1. The van der Waals surface area contributed by atoms with Crippen LogP contribution in [0.15, 0.2) is 60.3 Å². The number of halogens is 1. The molecule has 6 rings (SSSR count). The van der Waals surface area contributed by atoms with Gasteiger partial charge in [-0.3, -0.25) is 0 Å². The van der Waals surface area contributed by atoms with Gasteiger partial charge in [0.1, 0.15) is 18.2 Å². The zero-order valence-electron chi connectivity index (χ0n) is 20.3. The molecule has 0 N–H and O–H groups in total. The first-order valence-electron chi connectivity index (χ1n) is 12.4. The normalized spacial score (nSPS) is 15.9. The fourth-order valence-electron chi connectivity index (χ4n) is 5.13. The van der Waals surface area contributed by atoms with Crippen molar-refractivity contribution in [3.8, 4) is 17.6 Å². The Hall–Kier alpha value is -4.11. The van der Waals surface area contributed by atoms with Crippen LogP contribution in [0, 0.1) is 17.1 Å². The van der Waals surface area contributed by atoms with Crippen molar-refractivity contribution in [2.45, 2.75) is 45.6 Å². The van der Waals surface area contributed by atoms with Crippen molar-refractivity contribution in [3.05, 3.63) is 99.8 Å². The number of hydrogen-bond acceptors (Lipinski definition) is 4. The topological polar surface area (TPSA) is 59.5 Å². The Morgan fingerprint density at radius 1 is 1.19 bits per heavy atom. The summed E-state index contributed by atoms with van der Waals surface area (Å²) in [5.41, 5.74) is 8.35. The maximum Gasteiger partial charge on any atom is 0.180 e. The number of aromatic nitrogens is 2. The summed E-state index contributed by atoms with van der Waals surface area (Å²) in [6.45, 7) is 4.67. The lowest BCUT2D eigenvalue weighted by atomic mass is 9.89. The summed E-state index contributed by atoms with van der Waals surface area (Å²) in [5, 5.41) is 9.72. The van der Waals surface area contributed by atoms with Crippen molar-refractivity contribution in [2.75, 3.05) is 6.61 Å². The zero-order valence-corrected chi connectivity index (χ0v) is 20.3. The van der Waals surface area contributed by atoms with Gasteiger partial charge in [-0.2, -0.15) is 5.26 Å². The van der Waals surface area contributed by atoms with Crippen molar-refractivity contribution in [1.29, 1.82) is 5.26 Å². The quantitative estimate of drug-likeness (QED) is 0.304. The van der Waals surface area contributed by atoms with E-state index in [2.05, 4.69) is 34.9 Å². The molecule has 0 saturated heterocycles. The highest BCUT2D eigenvalue weighted by Crippen LogP contribution is 2.43. The fourth-order valence-corrected chi connectivity index (χ4v) is 5.13. The summed E-state index contributed by atoms with van der Waals surface area (Å²) < 4.78 is 28.0. The number of fused-ring (bicyclic) bond motifs is 3. The molecule has 5 nitrogen and oxygen atoms in total. The first-order valence-corrected chi connectivity index (χ1v) is 12.4. The molecule has 0 atom stereocenters. The number of hydrogen-bond donors (Lipinski definition) is 0. The molecule has 6 heteroatoms. The molecule has 0 bridgehead atoms. The van der Waals surface area contributed by atoms with Gasteiger partial charge in [-0.05, 0) is 67.6 Å². The maximum absolute atomic E-state index is 14.0. The molecule has 0 spiro atoms. The lowest BCUT2D eigenvalue weighted by molar-refractivity contribution is 0.305. The van der Waals surface area contributed by atoms with Crippen LogP contribution in [-0.4, -0.2) is 16.0 Å². The molecular weight excluding hydrogens is 453 g/mol. The molecule has 4 aromatic rings. The van der Waals surface area contributed by atoms with Crippen LogP contribution in [0.2, 0.25) is 0 Å². The molecule has 2 aromatic carbocycles. The summed E-state index contributed by atoms with van der Waals surface area (Å²) in [7, 11) is 0. The van der Waals surface area contributed by atoms with E-state index in [1.54, 1.807) is 13.0 Å². The highest BCUT2D eigenvalue weighted by atomic mass is 19.1. The second kappa shape index (κ2) is 8.83. The molecule has 0 radical (unpaired) electrons. The molecule has 36 heavy (non-hydrogen) atoms. The largest absolute Gasteiger partial charge is 0.490 e. The zero-order chi connectivity index (χ0) is 24.8. The molecule has 0 unspecified atom stereocenters. The van der Waals surface area contributed by atoms with Crippen LogP contribution in [0.25, 0.3) is 11.2 Å². The number of ether oxygens (including phenoxy) is 2. The van der Waals surface area contributed by atoms with E-state index in [1.165, 1.54) is 17.8 Å². The van der Waals surface area contributed by atoms with Crippen LogP contribution in [-0.2, 0) is 13.0 Å². The molecule has 1 saturated carbocycles. The minimum atomic E-state index is -0.360. The molecule has 0 amide bonds. The van der Waals surface area contributed by atoms with Gasteiger partial charge in [0.15, 0.2) is 11.4 Å². The van der Waals surface area contributed by atoms with Crippen molar-refractivity contribution < 1.29 is 13.9 Å². The molecule has 1 fully saturated rings. The Kier molecular flexibility index (Phi) is 5.49. The smallest absolute Gasteiger partial charge is 0.180 e. The summed E-state index contributed by atoms with van der Waals surface area (Å²) in [5.74, 6) is 1.39. The third-order valence-corrected chi connectivity index (χ3v) is 6.96. The molecule has 180 valence electrons. The molecular formula is C30H26FN3O2. The third-order valence-electron chi connectivity index (χ3n) is 6.96. The minimum absolute atomic E-state index is 0.305. The molecule has 1 aliphatic heterocycles. The van der Waals surface area contributed by atoms with Crippen LogP contribution in [0.1, 0.15) is 66.2 Å². The van der Waals surface area contributed by atoms with Gasteiger partial charge >= 0.3 is 0 Å². The van der Waals surface area contributed by atoms with Crippen LogP contribution < -0.4 is 9.47 Å². The highest BCUT2D eigenvalue weighted by Gasteiger charge is 2.31.